The van der Waals surface area contributed by atoms with Crippen LogP contribution in [0.1, 0.15) is 18.5 Å². The summed E-state index contributed by atoms with van der Waals surface area (Å²) >= 11 is 0. The molecule has 2 aromatic heterocycles. The zero-order valence-corrected chi connectivity index (χ0v) is 17.2. The number of benzene rings is 1. The Morgan fingerprint density at radius 3 is 2.38 bits per heavy atom. The number of hydrogen-bond donors (Lipinski definition) is 0. The highest BCUT2D eigenvalue weighted by Gasteiger charge is 2.24. The van der Waals surface area contributed by atoms with Crippen molar-refractivity contribution in [1.82, 2.24) is 19.3 Å². The minimum absolute atomic E-state index is 0.797. The molecule has 0 saturated carbocycles. The molecule has 2 saturated heterocycles. The zero-order chi connectivity index (χ0) is 19.8. The highest BCUT2D eigenvalue weighted by atomic mass is 16.5. The van der Waals surface area contributed by atoms with Crippen LogP contribution in [-0.4, -0.2) is 58.7 Å². The van der Waals surface area contributed by atoms with Crippen molar-refractivity contribution in [1.29, 1.82) is 0 Å². The number of nitrogens with zero attached hydrogens (tertiary/aromatic N) is 6. The highest BCUT2D eigenvalue weighted by molar-refractivity contribution is 5.68. The largest absolute Gasteiger partial charge is 0.378 e. The molecule has 0 radical (unpaired) electrons. The lowest BCUT2D eigenvalue weighted by Crippen LogP contribution is -2.36. The van der Waals surface area contributed by atoms with Gasteiger partial charge in [0, 0.05) is 56.9 Å². The second kappa shape index (κ2) is 7.55. The predicted octanol–water partition coefficient (Wildman–Crippen LogP) is 3.02. The smallest absolute Gasteiger partial charge is 0.175 e. The summed E-state index contributed by atoms with van der Waals surface area (Å²) in [7, 11) is 2.02. The molecule has 4 heterocycles. The Morgan fingerprint density at radius 2 is 1.66 bits per heavy atom. The molecular weight excluding hydrogens is 364 g/mol. The number of aryl methyl sites for hydroxylation is 1. The van der Waals surface area contributed by atoms with Crippen molar-refractivity contribution in [3.05, 3.63) is 42.4 Å². The SMILES string of the molecule is Cc1c(-n2ccnc2-c2ccc(N3CCOCC3)cc2)c(N2CCCC2)nn1C. The third-order valence-electron chi connectivity index (χ3n) is 6.07. The fraction of sp³-hybridized carbons (Fsp3) is 0.455. The number of morpholine rings is 1. The second-order valence-corrected chi connectivity index (χ2v) is 7.84. The van der Waals surface area contributed by atoms with Crippen molar-refractivity contribution in [2.24, 2.45) is 7.05 Å². The van der Waals surface area contributed by atoms with E-state index in [0.29, 0.717) is 0 Å². The van der Waals surface area contributed by atoms with Crippen LogP contribution < -0.4 is 9.80 Å². The van der Waals surface area contributed by atoms with Crippen LogP contribution in [0.2, 0.25) is 0 Å². The lowest BCUT2D eigenvalue weighted by Gasteiger charge is -2.28. The molecule has 5 rings (SSSR count). The fourth-order valence-electron chi connectivity index (χ4n) is 4.34. The van der Waals surface area contributed by atoms with Crippen LogP contribution in [0.5, 0.6) is 0 Å². The van der Waals surface area contributed by atoms with E-state index in [1.54, 1.807) is 0 Å². The van der Waals surface area contributed by atoms with Gasteiger partial charge in [-0.15, -0.1) is 0 Å². The van der Waals surface area contributed by atoms with Gasteiger partial charge in [-0.05, 0) is 44.0 Å². The monoisotopic (exact) mass is 392 g/mol. The van der Waals surface area contributed by atoms with Crippen LogP contribution in [0, 0.1) is 6.92 Å². The molecule has 0 bridgehead atoms. The summed E-state index contributed by atoms with van der Waals surface area (Å²) in [5, 5.41) is 4.83. The first-order valence-electron chi connectivity index (χ1n) is 10.5. The first-order valence-corrected chi connectivity index (χ1v) is 10.5. The molecule has 0 N–H and O–H groups in total. The van der Waals surface area contributed by atoms with Gasteiger partial charge in [0.2, 0.25) is 0 Å². The summed E-state index contributed by atoms with van der Waals surface area (Å²) in [6.07, 6.45) is 6.39. The average Bonchev–Trinajstić information content (AvgIpc) is 3.50. The van der Waals surface area contributed by atoms with Gasteiger partial charge in [0.25, 0.3) is 0 Å². The van der Waals surface area contributed by atoms with E-state index >= 15 is 0 Å². The van der Waals surface area contributed by atoms with Gasteiger partial charge in [0.15, 0.2) is 5.82 Å². The molecule has 0 aliphatic carbocycles. The van der Waals surface area contributed by atoms with Gasteiger partial charge in [0.05, 0.1) is 18.9 Å². The number of imidazole rings is 1. The van der Waals surface area contributed by atoms with Crippen molar-refractivity contribution in [2.75, 3.05) is 49.2 Å². The summed E-state index contributed by atoms with van der Waals surface area (Å²) in [4.78, 5) is 9.46. The van der Waals surface area contributed by atoms with Crippen LogP contribution in [-0.2, 0) is 11.8 Å². The topological polar surface area (TPSA) is 51.4 Å². The van der Waals surface area contributed by atoms with Gasteiger partial charge < -0.3 is 14.5 Å². The molecule has 2 aliphatic rings. The molecule has 3 aromatic rings. The Bertz CT molecular complexity index is 977. The van der Waals surface area contributed by atoms with Crippen LogP contribution in [0.3, 0.4) is 0 Å². The summed E-state index contributed by atoms with van der Waals surface area (Å²) < 4.78 is 9.64. The maximum Gasteiger partial charge on any atom is 0.175 e. The molecule has 0 spiro atoms. The molecule has 152 valence electrons. The van der Waals surface area contributed by atoms with E-state index in [1.807, 2.05) is 17.9 Å². The summed E-state index contributed by atoms with van der Waals surface area (Å²) in [6, 6.07) is 8.73. The lowest BCUT2D eigenvalue weighted by atomic mass is 10.1. The molecule has 2 fully saturated rings. The van der Waals surface area contributed by atoms with Crippen molar-refractivity contribution in [3.8, 4) is 17.1 Å². The highest BCUT2D eigenvalue weighted by Crippen LogP contribution is 2.33. The Kier molecular flexibility index (Phi) is 4.75. The molecular formula is C22H28N6O. The van der Waals surface area contributed by atoms with Crippen LogP contribution in [0.15, 0.2) is 36.7 Å². The van der Waals surface area contributed by atoms with E-state index < -0.39 is 0 Å². The Hall–Kier alpha value is -2.80. The normalized spacial score (nSPS) is 17.3. The van der Waals surface area contributed by atoms with Crippen LogP contribution in [0.25, 0.3) is 17.1 Å². The zero-order valence-electron chi connectivity index (χ0n) is 17.2. The number of ether oxygens (including phenoxy) is 1. The fourth-order valence-corrected chi connectivity index (χ4v) is 4.34. The Morgan fingerprint density at radius 1 is 0.931 bits per heavy atom. The predicted molar refractivity (Wildman–Crippen MR) is 115 cm³/mol. The van der Waals surface area contributed by atoms with Gasteiger partial charge >= 0.3 is 0 Å². The number of anilines is 2. The molecule has 7 heteroatoms. The van der Waals surface area contributed by atoms with Gasteiger partial charge in [-0.1, -0.05) is 0 Å². The summed E-state index contributed by atoms with van der Waals surface area (Å²) in [5.41, 5.74) is 4.64. The van der Waals surface area contributed by atoms with Crippen molar-refractivity contribution in [3.63, 3.8) is 0 Å². The van der Waals surface area contributed by atoms with Gasteiger partial charge in [0.1, 0.15) is 11.5 Å². The maximum absolute atomic E-state index is 5.47. The van der Waals surface area contributed by atoms with Crippen molar-refractivity contribution >= 4 is 11.5 Å². The first-order chi connectivity index (χ1) is 14.2. The van der Waals surface area contributed by atoms with Crippen LogP contribution >= 0.6 is 0 Å². The van der Waals surface area contributed by atoms with E-state index in [1.165, 1.54) is 18.5 Å². The first kappa shape index (κ1) is 18.2. The molecule has 0 unspecified atom stereocenters. The van der Waals surface area contributed by atoms with Crippen LogP contribution in [0.4, 0.5) is 11.5 Å². The minimum Gasteiger partial charge on any atom is -0.378 e. The average molecular weight is 393 g/mol. The summed E-state index contributed by atoms with van der Waals surface area (Å²) in [6.45, 7) is 7.76. The third-order valence-corrected chi connectivity index (χ3v) is 6.07. The van der Waals surface area contributed by atoms with Gasteiger partial charge in [-0.3, -0.25) is 9.25 Å². The van der Waals surface area contributed by atoms with Crippen molar-refractivity contribution < 1.29 is 4.74 Å². The molecule has 1 aromatic carbocycles. The summed E-state index contributed by atoms with van der Waals surface area (Å²) in [5.74, 6) is 2.02. The number of rotatable bonds is 4. The van der Waals surface area contributed by atoms with Crippen molar-refractivity contribution in [2.45, 2.75) is 19.8 Å². The van der Waals surface area contributed by atoms with E-state index in [-0.39, 0.29) is 0 Å². The quantitative estimate of drug-likeness (QED) is 0.683. The van der Waals surface area contributed by atoms with E-state index in [9.17, 15) is 0 Å². The molecule has 2 aliphatic heterocycles. The van der Waals surface area contributed by atoms with Gasteiger partial charge in [-0.25, -0.2) is 4.98 Å². The van der Waals surface area contributed by atoms with E-state index in [2.05, 4.69) is 51.8 Å². The lowest BCUT2D eigenvalue weighted by molar-refractivity contribution is 0.122. The molecule has 7 nitrogen and oxygen atoms in total. The molecule has 0 amide bonds. The molecule has 0 atom stereocenters. The number of hydrogen-bond acceptors (Lipinski definition) is 5. The van der Waals surface area contributed by atoms with E-state index in [0.717, 1.165) is 68.0 Å². The third kappa shape index (κ3) is 3.29. The van der Waals surface area contributed by atoms with Gasteiger partial charge in [-0.2, -0.15) is 5.10 Å². The number of aromatic nitrogens is 4. The Balaban J connectivity index is 1.50. The second-order valence-electron chi connectivity index (χ2n) is 7.84. The molecule has 29 heavy (non-hydrogen) atoms. The maximum atomic E-state index is 5.47. The minimum atomic E-state index is 0.797. The Labute approximate surface area is 171 Å². The van der Waals surface area contributed by atoms with E-state index in [4.69, 9.17) is 14.8 Å². The standard InChI is InChI=1S/C22H28N6O/c1-17-20(22(24-25(17)2)27-10-3-4-11-27)28-12-9-23-21(28)18-5-7-19(8-6-18)26-13-15-29-16-14-26/h5-9,12H,3-4,10-11,13-16H2,1-2H3.